The van der Waals surface area contributed by atoms with Crippen molar-refractivity contribution in [2.45, 2.75) is 30.6 Å². The first-order valence-corrected chi connectivity index (χ1v) is 10.8. The molecule has 144 valence electrons. The van der Waals surface area contributed by atoms with Crippen LogP contribution >= 0.6 is 0 Å². The van der Waals surface area contributed by atoms with Crippen LogP contribution < -0.4 is 4.74 Å². The van der Waals surface area contributed by atoms with Gasteiger partial charge in [0.15, 0.2) is 9.84 Å². The first-order chi connectivity index (χ1) is 13.3. The topological polar surface area (TPSA) is 93.6 Å². The van der Waals surface area contributed by atoms with E-state index in [1.54, 1.807) is 36.5 Å². The molecule has 0 aliphatic heterocycles. The van der Waals surface area contributed by atoms with E-state index in [0.717, 1.165) is 36.0 Å². The lowest BCUT2D eigenvalue weighted by Gasteiger charge is -2.15. The Kier molecular flexibility index (Phi) is 4.55. The van der Waals surface area contributed by atoms with Crippen molar-refractivity contribution in [3.8, 4) is 11.5 Å². The largest absolute Gasteiger partial charge is 0.481 e. The Balaban J connectivity index is 1.79. The fourth-order valence-electron chi connectivity index (χ4n) is 3.71. The van der Waals surface area contributed by atoms with Crippen molar-refractivity contribution in [3.63, 3.8) is 0 Å². The Hall–Kier alpha value is -2.93. The zero-order valence-corrected chi connectivity index (χ0v) is 16.1. The summed E-state index contributed by atoms with van der Waals surface area (Å²) in [5.41, 5.74) is 3.55. The lowest BCUT2D eigenvalue weighted by molar-refractivity contribution is -0.136. The quantitative estimate of drug-likeness (QED) is 0.708. The van der Waals surface area contributed by atoms with Gasteiger partial charge in [0.1, 0.15) is 11.5 Å². The normalized spacial score (nSPS) is 13.5. The lowest BCUT2D eigenvalue weighted by Crippen LogP contribution is -2.04. The third-order valence-corrected chi connectivity index (χ3v) is 6.11. The molecule has 0 fully saturated rings. The highest BCUT2D eigenvalue weighted by molar-refractivity contribution is 7.90. The van der Waals surface area contributed by atoms with E-state index >= 15 is 0 Å². The molecule has 3 aromatic rings. The maximum atomic E-state index is 11.9. The summed E-state index contributed by atoms with van der Waals surface area (Å²) in [6.07, 6.45) is 5.41. The lowest BCUT2D eigenvalue weighted by atomic mass is 10.00. The number of hydrogen-bond acceptors (Lipinski definition) is 5. The highest BCUT2D eigenvalue weighted by atomic mass is 32.2. The van der Waals surface area contributed by atoms with Crippen molar-refractivity contribution in [3.05, 3.63) is 59.3 Å². The first-order valence-electron chi connectivity index (χ1n) is 8.95. The van der Waals surface area contributed by atoms with Crippen LogP contribution in [-0.4, -0.2) is 30.7 Å². The number of carbonyl (C=O) groups is 1. The summed E-state index contributed by atoms with van der Waals surface area (Å²) in [7, 11) is -3.35. The Morgan fingerprint density at radius 1 is 1.11 bits per heavy atom. The molecule has 6 nitrogen and oxygen atoms in total. The summed E-state index contributed by atoms with van der Waals surface area (Å²) < 4.78 is 30.0. The number of rotatable bonds is 5. The Morgan fingerprint density at radius 2 is 1.89 bits per heavy atom. The predicted molar refractivity (Wildman–Crippen MR) is 105 cm³/mol. The standard InChI is InChI=1S/C21H19NO5S/c1-28(25,26)14-6-7-18-17(12-14)20(9-10-22-18)27-19-8-5-13(11-21(23)24)15-3-2-4-16(15)19/h5-10,12H,2-4,11H2,1H3,(H,23,24). The van der Waals surface area contributed by atoms with Crippen LogP contribution in [0.25, 0.3) is 10.9 Å². The smallest absolute Gasteiger partial charge is 0.307 e. The van der Waals surface area contributed by atoms with Gasteiger partial charge in [-0.1, -0.05) is 6.07 Å². The molecule has 1 aliphatic carbocycles. The van der Waals surface area contributed by atoms with Crippen LogP contribution in [0.1, 0.15) is 23.1 Å². The van der Waals surface area contributed by atoms with E-state index in [-0.39, 0.29) is 11.3 Å². The summed E-state index contributed by atoms with van der Waals surface area (Å²) in [4.78, 5) is 15.6. The van der Waals surface area contributed by atoms with Gasteiger partial charge in [0.25, 0.3) is 0 Å². The number of ether oxygens (including phenoxy) is 1. The minimum absolute atomic E-state index is 0.00147. The number of nitrogens with zero attached hydrogens (tertiary/aromatic N) is 1. The Labute approximate surface area is 162 Å². The average molecular weight is 397 g/mol. The summed E-state index contributed by atoms with van der Waals surface area (Å²) in [6.45, 7) is 0. The summed E-state index contributed by atoms with van der Waals surface area (Å²) in [5.74, 6) is 0.352. The van der Waals surface area contributed by atoms with Gasteiger partial charge in [-0.05, 0) is 66.3 Å². The van der Waals surface area contributed by atoms with E-state index < -0.39 is 15.8 Å². The van der Waals surface area contributed by atoms with Crippen molar-refractivity contribution < 1.29 is 23.1 Å². The van der Waals surface area contributed by atoms with Gasteiger partial charge in [-0.3, -0.25) is 9.78 Å². The molecular weight excluding hydrogens is 378 g/mol. The second-order valence-corrected chi connectivity index (χ2v) is 8.98. The molecule has 2 aromatic carbocycles. The second kappa shape index (κ2) is 6.91. The number of fused-ring (bicyclic) bond motifs is 2. The second-order valence-electron chi connectivity index (χ2n) is 6.97. The van der Waals surface area contributed by atoms with Gasteiger partial charge in [0.05, 0.1) is 16.8 Å². The number of pyridine rings is 1. The van der Waals surface area contributed by atoms with Crippen molar-refractivity contribution in [2.75, 3.05) is 6.26 Å². The molecule has 0 radical (unpaired) electrons. The van der Waals surface area contributed by atoms with Gasteiger partial charge in [-0.25, -0.2) is 8.42 Å². The molecule has 1 aliphatic rings. The molecular formula is C21H19NO5S. The molecule has 1 heterocycles. The van der Waals surface area contributed by atoms with Crippen molar-refractivity contribution in [1.29, 1.82) is 0 Å². The molecule has 0 amide bonds. The van der Waals surface area contributed by atoms with Gasteiger partial charge < -0.3 is 9.84 Å². The highest BCUT2D eigenvalue weighted by Gasteiger charge is 2.21. The van der Waals surface area contributed by atoms with Crippen LogP contribution in [0.5, 0.6) is 11.5 Å². The molecule has 1 N–H and O–H groups in total. The molecule has 0 spiro atoms. The van der Waals surface area contributed by atoms with E-state index in [1.165, 1.54) is 12.3 Å². The number of hydrogen-bond donors (Lipinski definition) is 1. The fraction of sp³-hybridized carbons (Fsp3) is 0.238. The Bertz CT molecular complexity index is 1200. The molecule has 1 aromatic heterocycles. The van der Waals surface area contributed by atoms with Gasteiger partial charge in [0, 0.05) is 17.8 Å². The number of benzene rings is 2. The minimum Gasteiger partial charge on any atom is -0.481 e. The fourth-order valence-corrected chi connectivity index (χ4v) is 4.36. The number of aliphatic carboxylic acids is 1. The summed E-state index contributed by atoms with van der Waals surface area (Å²) in [5, 5.41) is 9.74. The van der Waals surface area contributed by atoms with Crippen LogP contribution in [0, 0.1) is 0 Å². The summed E-state index contributed by atoms with van der Waals surface area (Å²) in [6, 6.07) is 10.1. The molecule has 4 rings (SSSR count). The van der Waals surface area contributed by atoms with E-state index in [4.69, 9.17) is 9.84 Å². The molecule has 7 heteroatoms. The maximum Gasteiger partial charge on any atom is 0.307 e. The van der Waals surface area contributed by atoms with Crippen LogP contribution in [0.2, 0.25) is 0 Å². The van der Waals surface area contributed by atoms with Crippen LogP contribution in [0.4, 0.5) is 0 Å². The summed E-state index contributed by atoms with van der Waals surface area (Å²) >= 11 is 0. The number of sulfone groups is 1. The maximum absolute atomic E-state index is 11.9. The molecule has 0 bridgehead atoms. The third kappa shape index (κ3) is 3.45. The number of carboxylic acids is 1. The van der Waals surface area contributed by atoms with Crippen LogP contribution in [-0.2, 0) is 33.9 Å². The highest BCUT2D eigenvalue weighted by Crippen LogP contribution is 2.38. The van der Waals surface area contributed by atoms with Crippen molar-refractivity contribution in [2.24, 2.45) is 0 Å². The number of carboxylic acid groups (broad SMARTS) is 1. The molecule has 0 saturated heterocycles. The molecule has 0 saturated carbocycles. The molecule has 28 heavy (non-hydrogen) atoms. The SMILES string of the molecule is CS(=O)(=O)c1ccc2nccc(Oc3ccc(CC(=O)O)c4c3CCC4)c2c1. The monoisotopic (exact) mass is 397 g/mol. The van der Waals surface area contributed by atoms with Crippen molar-refractivity contribution >= 4 is 26.7 Å². The minimum atomic E-state index is -3.35. The van der Waals surface area contributed by atoms with Crippen LogP contribution in [0.3, 0.4) is 0 Å². The zero-order chi connectivity index (χ0) is 19.9. The van der Waals surface area contributed by atoms with Gasteiger partial charge in [-0.2, -0.15) is 0 Å². The van der Waals surface area contributed by atoms with Crippen LogP contribution in [0.15, 0.2) is 47.5 Å². The average Bonchev–Trinajstić information content (AvgIpc) is 3.13. The van der Waals surface area contributed by atoms with E-state index in [1.807, 2.05) is 0 Å². The third-order valence-electron chi connectivity index (χ3n) is 5.00. The molecule has 0 unspecified atom stereocenters. The van der Waals surface area contributed by atoms with Gasteiger partial charge >= 0.3 is 5.97 Å². The Morgan fingerprint density at radius 3 is 2.64 bits per heavy atom. The van der Waals surface area contributed by atoms with E-state index in [0.29, 0.717) is 22.4 Å². The number of aromatic nitrogens is 1. The zero-order valence-electron chi connectivity index (χ0n) is 15.3. The predicted octanol–water partition coefficient (Wildman–Crippen LogP) is 3.55. The first kappa shape index (κ1) is 18.4. The van der Waals surface area contributed by atoms with Gasteiger partial charge in [-0.15, -0.1) is 0 Å². The molecule has 0 atom stereocenters. The van der Waals surface area contributed by atoms with E-state index in [2.05, 4.69) is 4.98 Å². The van der Waals surface area contributed by atoms with Crippen molar-refractivity contribution in [1.82, 2.24) is 4.98 Å². The van der Waals surface area contributed by atoms with Gasteiger partial charge in [0.2, 0.25) is 0 Å². The van der Waals surface area contributed by atoms with E-state index in [9.17, 15) is 13.2 Å².